The first-order chi connectivity index (χ1) is 26.9. The number of piperidine rings is 1. The Morgan fingerprint density at radius 2 is 1.91 bits per heavy atom. The summed E-state index contributed by atoms with van der Waals surface area (Å²) < 4.78 is 21.0. The number of methoxy groups -OCH3 is 1. The molecule has 1 aromatic carbocycles. The summed E-state index contributed by atoms with van der Waals surface area (Å²) >= 11 is 0. The molecule has 4 amide bonds. The van der Waals surface area contributed by atoms with E-state index in [9.17, 15) is 24.3 Å². The third kappa shape index (κ3) is 6.98. The fraction of sp³-hybridized carbons (Fsp3) is 0.732. The maximum absolute atomic E-state index is 13.7. The molecule has 0 radical (unpaired) electrons. The lowest BCUT2D eigenvalue weighted by Gasteiger charge is -2.75. The van der Waals surface area contributed by atoms with Crippen LogP contribution in [0.2, 0.25) is 0 Å². The number of hydrogen-bond acceptors (Lipinski definition) is 9. The van der Waals surface area contributed by atoms with E-state index in [1.807, 2.05) is 19.9 Å². The second-order valence-corrected chi connectivity index (χ2v) is 18.5. The molecule has 4 bridgehead atoms. The number of quaternary nitrogens is 1. The van der Waals surface area contributed by atoms with Crippen molar-refractivity contribution in [1.29, 1.82) is 0 Å². The SMILES string of the molecule is CO[C@]12CC[C@@]3(C[C@@H]1C(C)(C)O)[C@@H]1Cc4ccc(OC(=O)N(C)CCNC(=O)[C@H](CCCN=C(N)N)NC(=O)CNC(C)=O)c5c4[C@@]3(CC[N+]1(C)CC1CC1)[C@H]2O5. The van der Waals surface area contributed by atoms with Gasteiger partial charge in [0.15, 0.2) is 17.5 Å². The largest absolute Gasteiger partial charge is 0.482 e. The average Bonchev–Trinajstić information content (AvgIpc) is 3.89. The van der Waals surface area contributed by atoms with Gasteiger partial charge in [-0.1, -0.05) is 6.07 Å². The van der Waals surface area contributed by atoms with Crippen molar-refractivity contribution in [3.8, 4) is 11.5 Å². The van der Waals surface area contributed by atoms with Gasteiger partial charge in [-0.3, -0.25) is 19.4 Å². The van der Waals surface area contributed by atoms with Crippen LogP contribution in [-0.4, -0.2) is 134 Å². The van der Waals surface area contributed by atoms with Gasteiger partial charge in [0.1, 0.15) is 17.7 Å². The van der Waals surface area contributed by atoms with Crippen LogP contribution >= 0.6 is 0 Å². The standard InChI is InChI=1S/C41H62N8O8/c1-24(50)46-22-31(51)47-27(8-7-16-45-36(42)43)34(52)44-17-18-48(4)37(53)56-28-12-11-26-20-30-39-13-14-41(55-6,29(21-39)38(2,3)54)35-40(39,32(26)33(28)57-35)15-19-49(30,5)23-25-9-10-25/h11-12,25,27,29-30,35,54H,7-10,13-23H2,1-6H3,(H6-,42,43,44,45,46,47,50,51,52)/p+1/t27-,29+,30-,35+,39+,40-,41+,49?/m0/s1. The number of aliphatic hydroxyl groups is 1. The van der Waals surface area contributed by atoms with E-state index in [4.69, 9.17) is 25.7 Å². The van der Waals surface area contributed by atoms with E-state index in [0.717, 1.165) is 49.0 Å². The molecule has 314 valence electrons. The second kappa shape index (κ2) is 14.9. The van der Waals surface area contributed by atoms with E-state index in [1.54, 1.807) is 14.2 Å². The van der Waals surface area contributed by atoms with Crippen LogP contribution < -0.4 is 36.9 Å². The van der Waals surface area contributed by atoms with Crippen molar-refractivity contribution in [2.75, 3.05) is 60.5 Å². The third-order valence-corrected chi connectivity index (χ3v) is 14.6. The molecule has 8 atom stereocenters. The predicted octanol–water partition coefficient (Wildman–Crippen LogP) is 1.05. The quantitative estimate of drug-likeness (QED) is 0.0605. The van der Waals surface area contributed by atoms with Gasteiger partial charge in [-0.05, 0) is 70.4 Å². The highest BCUT2D eigenvalue weighted by molar-refractivity contribution is 5.89. The maximum Gasteiger partial charge on any atom is 0.415 e. The second-order valence-electron chi connectivity index (χ2n) is 18.5. The molecule has 1 unspecified atom stereocenters. The molecule has 2 spiro atoms. The van der Waals surface area contributed by atoms with Crippen LogP contribution in [0.4, 0.5) is 4.79 Å². The van der Waals surface area contributed by atoms with Gasteiger partial charge < -0.3 is 56.1 Å². The Balaban J connectivity index is 1.08. The van der Waals surface area contributed by atoms with Gasteiger partial charge in [-0.2, -0.15) is 0 Å². The van der Waals surface area contributed by atoms with Crippen LogP contribution in [-0.2, 0) is 31.0 Å². The summed E-state index contributed by atoms with van der Waals surface area (Å²) in [6, 6.07) is 3.46. The number of guanidine groups is 1. The lowest BCUT2D eigenvalue weighted by atomic mass is 9.33. The smallest absolute Gasteiger partial charge is 0.415 e. The third-order valence-electron chi connectivity index (χ3n) is 14.6. The Bertz CT molecular complexity index is 1810. The number of hydrogen-bond donors (Lipinski definition) is 6. The fourth-order valence-corrected chi connectivity index (χ4v) is 12.0. The summed E-state index contributed by atoms with van der Waals surface area (Å²) in [5.41, 5.74) is 11.1. The summed E-state index contributed by atoms with van der Waals surface area (Å²) in [6.07, 6.45) is 6.87. The monoisotopic (exact) mass is 795 g/mol. The molecule has 57 heavy (non-hydrogen) atoms. The number of carbonyl (C=O) groups excluding carboxylic acids is 4. The zero-order chi connectivity index (χ0) is 41.1. The van der Waals surface area contributed by atoms with Gasteiger partial charge in [-0.25, -0.2) is 4.79 Å². The van der Waals surface area contributed by atoms with Crippen molar-refractivity contribution in [2.24, 2.45) is 33.7 Å². The first-order valence-corrected chi connectivity index (χ1v) is 20.7. The van der Waals surface area contributed by atoms with Crippen LogP contribution in [0.1, 0.15) is 83.3 Å². The number of nitrogens with one attached hydrogen (secondary N) is 3. The van der Waals surface area contributed by atoms with Crippen molar-refractivity contribution in [3.63, 3.8) is 0 Å². The van der Waals surface area contributed by atoms with Gasteiger partial charge in [0.25, 0.3) is 0 Å². The molecule has 5 fully saturated rings. The summed E-state index contributed by atoms with van der Waals surface area (Å²) in [7, 11) is 5.84. The Kier molecular flexibility index (Phi) is 10.7. The van der Waals surface area contributed by atoms with Crippen molar-refractivity contribution in [3.05, 3.63) is 23.3 Å². The molecule has 16 nitrogen and oxygen atoms in total. The van der Waals surface area contributed by atoms with Crippen LogP contribution in [0.25, 0.3) is 0 Å². The van der Waals surface area contributed by atoms with Gasteiger partial charge in [0.2, 0.25) is 17.7 Å². The van der Waals surface area contributed by atoms with E-state index in [0.29, 0.717) is 24.0 Å². The Morgan fingerprint density at radius 1 is 1.16 bits per heavy atom. The molecule has 8 rings (SSSR count). The van der Waals surface area contributed by atoms with Crippen molar-refractivity contribution in [1.82, 2.24) is 20.9 Å². The van der Waals surface area contributed by atoms with E-state index < -0.39 is 35.2 Å². The Labute approximate surface area is 335 Å². The minimum Gasteiger partial charge on any atom is -0.482 e. The highest BCUT2D eigenvalue weighted by Gasteiger charge is 2.84. The molecule has 0 aromatic heterocycles. The molecular weight excluding hydrogens is 732 g/mol. The first-order valence-electron chi connectivity index (χ1n) is 20.7. The molecule has 7 aliphatic rings. The Hall–Kier alpha value is -4.15. The summed E-state index contributed by atoms with van der Waals surface area (Å²) in [5, 5.41) is 19.7. The number of benzene rings is 1. The number of likely N-dealkylation sites (tertiary alicyclic amines) is 1. The number of nitrogens with zero attached hydrogens (tertiary/aromatic N) is 3. The van der Waals surface area contributed by atoms with Crippen molar-refractivity contribution in [2.45, 2.75) is 113 Å². The average molecular weight is 796 g/mol. The zero-order valence-electron chi connectivity index (χ0n) is 34.4. The minimum atomic E-state index is -0.989. The van der Waals surface area contributed by atoms with E-state index in [2.05, 4.69) is 34.1 Å². The lowest BCUT2D eigenvalue weighted by molar-refractivity contribution is -0.952. The fourth-order valence-electron chi connectivity index (χ4n) is 12.0. The van der Waals surface area contributed by atoms with Gasteiger partial charge in [0, 0.05) is 76.4 Å². The number of likely N-dealkylation sites (N-methyl/N-ethyl adjacent to an activating group) is 2. The highest BCUT2D eigenvalue weighted by Crippen LogP contribution is 2.78. The van der Waals surface area contributed by atoms with Gasteiger partial charge >= 0.3 is 6.09 Å². The summed E-state index contributed by atoms with van der Waals surface area (Å²) in [5.74, 6) is 0.210. The van der Waals surface area contributed by atoms with Crippen LogP contribution in [0.15, 0.2) is 17.1 Å². The van der Waals surface area contributed by atoms with Crippen LogP contribution in [0.3, 0.4) is 0 Å². The van der Waals surface area contributed by atoms with Crippen LogP contribution in [0.5, 0.6) is 11.5 Å². The molecule has 2 aliphatic heterocycles. The molecule has 4 saturated carbocycles. The normalized spacial score (nSPS) is 31.9. The van der Waals surface area contributed by atoms with E-state index in [-0.39, 0.29) is 67.3 Å². The number of amides is 4. The molecule has 5 aliphatic carbocycles. The molecule has 1 aromatic rings. The van der Waals surface area contributed by atoms with Gasteiger partial charge in [-0.15, -0.1) is 0 Å². The van der Waals surface area contributed by atoms with Gasteiger partial charge in [0.05, 0.1) is 43.7 Å². The summed E-state index contributed by atoms with van der Waals surface area (Å²) in [6.45, 7) is 7.57. The van der Waals surface area contributed by atoms with Crippen molar-refractivity contribution < 1.29 is 43.0 Å². The number of nitrogens with two attached hydrogens (primary N) is 2. The first kappa shape index (κ1) is 41.0. The topological polar surface area (TPSA) is 220 Å². The number of aliphatic imine (C=N–C) groups is 1. The molecule has 8 N–H and O–H groups in total. The lowest BCUT2D eigenvalue weighted by Crippen LogP contribution is -2.84. The zero-order valence-corrected chi connectivity index (χ0v) is 34.4. The number of carbonyl (C=O) groups is 4. The Morgan fingerprint density at radius 3 is 2.58 bits per heavy atom. The van der Waals surface area contributed by atoms with Crippen molar-refractivity contribution >= 4 is 29.8 Å². The predicted molar refractivity (Wildman–Crippen MR) is 211 cm³/mol. The molecular formula is C41H63N8O8+. The highest BCUT2D eigenvalue weighted by atomic mass is 16.6. The van der Waals surface area contributed by atoms with E-state index in [1.165, 1.54) is 42.3 Å². The minimum absolute atomic E-state index is 0.0720. The maximum atomic E-state index is 13.7. The number of fused-ring (bicyclic) bond motifs is 2. The van der Waals surface area contributed by atoms with Crippen LogP contribution in [0, 0.1) is 17.3 Å². The molecule has 16 heteroatoms. The molecule has 1 saturated heterocycles. The molecule has 2 heterocycles. The number of rotatable bonds is 16. The summed E-state index contributed by atoms with van der Waals surface area (Å²) in [4.78, 5) is 56.0. The van der Waals surface area contributed by atoms with E-state index >= 15 is 0 Å². The number of ether oxygens (including phenoxy) is 3.